The molecular weight excluding hydrogens is 657 g/mol. The van der Waals surface area contributed by atoms with Crippen LogP contribution in [0.25, 0.3) is 56.5 Å². The molecule has 0 bridgehead atoms. The van der Waals surface area contributed by atoms with Crippen molar-refractivity contribution in [3.63, 3.8) is 0 Å². The number of aliphatic imine (C=N–C) groups is 1. The van der Waals surface area contributed by atoms with Gasteiger partial charge < -0.3 is 14.3 Å². The van der Waals surface area contributed by atoms with Crippen LogP contribution in [0.4, 0.5) is 0 Å². The van der Waals surface area contributed by atoms with Gasteiger partial charge in [-0.15, -0.1) is 11.8 Å². The smallest absolute Gasteiger partial charge is 0.145 e. The Morgan fingerprint density at radius 1 is 0.962 bits per heavy atom. The van der Waals surface area contributed by atoms with E-state index in [-0.39, 0.29) is 5.84 Å². The highest BCUT2D eigenvalue weighted by Crippen LogP contribution is 2.44. The van der Waals surface area contributed by atoms with Gasteiger partial charge >= 0.3 is 0 Å². The lowest BCUT2D eigenvalue weighted by Gasteiger charge is -2.22. The molecule has 0 radical (unpaired) electrons. The van der Waals surface area contributed by atoms with Crippen LogP contribution in [0, 0.1) is 19.3 Å². The van der Waals surface area contributed by atoms with Crippen LogP contribution in [-0.4, -0.2) is 22.9 Å². The summed E-state index contributed by atoms with van der Waals surface area (Å²) in [6.45, 7) is 21.0. The molecule has 256 valence electrons. The normalized spacial score (nSPS) is 15.3. The molecule has 3 heterocycles. The molecule has 0 fully saturated rings. The maximum Gasteiger partial charge on any atom is 0.145 e. The third-order valence-corrected chi connectivity index (χ3v) is 10.7. The van der Waals surface area contributed by atoms with E-state index in [1.54, 1.807) is 17.8 Å². The van der Waals surface area contributed by atoms with Crippen LogP contribution in [-0.2, 0) is 0 Å². The highest BCUT2D eigenvalue weighted by Gasteiger charge is 2.24. The summed E-state index contributed by atoms with van der Waals surface area (Å²) < 4.78 is 8.63. The first-order valence-electron chi connectivity index (χ1n) is 17.1. The van der Waals surface area contributed by atoms with E-state index in [1.807, 2.05) is 66.7 Å². The zero-order chi connectivity index (χ0) is 36.4. The molecule has 1 aliphatic heterocycles. The predicted molar refractivity (Wildman–Crippen MR) is 224 cm³/mol. The summed E-state index contributed by atoms with van der Waals surface area (Å²) in [5, 5.41) is 14.2. The Kier molecular flexibility index (Phi) is 9.66. The summed E-state index contributed by atoms with van der Waals surface area (Å²) in [6, 6.07) is 28.4. The molecule has 1 unspecified atom stereocenters. The third-order valence-electron chi connectivity index (χ3n) is 9.65. The lowest BCUT2D eigenvalue weighted by Crippen LogP contribution is -2.27. The molecule has 2 aromatic heterocycles. The molecule has 1 aliphatic rings. The minimum Gasteiger partial charge on any atom is -0.456 e. The molecule has 7 rings (SSSR count). The summed E-state index contributed by atoms with van der Waals surface area (Å²) in [5.74, 6) is 1.06. The van der Waals surface area contributed by atoms with E-state index < -0.39 is 6.17 Å². The minimum atomic E-state index is -0.465. The summed E-state index contributed by atoms with van der Waals surface area (Å²) in [7, 11) is 0. The average Bonchev–Trinajstić information content (AvgIpc) is 3.68. The van der Waals surface area contributed by atoms with Gasteiger partial charge in [0.15, 0.2) is 0 Å². The monoisotopic (exact) mass is 696 g/mol. The number of benzene rings is 4. The number of aromatic nitrogens is 1. The SMILES string of the molecule is C=C/C=C\c1c(C)c(C)c(C=C)n1/C1=C/C=C\CSc2cccc(-c3ccc4oc5cccc(C(=N)NC(N=C)c6ccccc6)c5c4c3)c2C1=C. The summed E-state index contributed by atoms with van der Waals surface area (Å²) in [6.07, 6.45) is 13.8. The standard InChI is InChI=1S/C46H40N4OS/c1-7-9-21-38-30(4)29(3)37(8-2)50(38)39-22-13-14-27-52-42-24-16-19-34(43(42)31(39)5)33-25-26-40-36(28-33)44-35(20-15-23-41(44)51-40)45(47)49-46(48-6)32-17-11-10-12-18-32/h7-26,28,46H,1-2,5-6,27H2,3-4H3,(H2,47,49)/b14-13-,21-9-,39-22+. The number of fused-ring (bicyclic) bond motifs is 4. The van der Waals surface area contributed by atoms with Gasteiger partial charge in [0.05, 0.1) is 5.70 Å². The lowest BCUT2D eigenvalue weighted by molar-refractivity contribution is 0.668. The van der Waals surface area contributed by atoms with E-state index in [9.17, 15) is 5.41 Å². The molecular formula is C46H40N4OS. The fraction of sp³-hybridized carbons (Fsp3) is 0.0870. The van der Waals surface area contributed by atoms with Crippen molar-refractivity contribution in [1.82, 2.24) is 9.88 Å². The van der Waals surface area contributed by atoms with Gasteiger partial charge in [-0.05, 0) is 90.9 Å². The van der Waals surface area contributed by atoms with Gasteiger partial charge in [0.25, 0.3) is 0 Å². The second kappa shape index (κ2) is 14.6. The molecule has 4 aromatic carbocycles. The second-order valence-corrected chi connectivity index (χ2v) is 13.7. The number of nitrogens with one attached hydrogen (secondary N) is 2. The number of allylic oxidation sites excluding steroid dienone is 6. The second-order valence-electron chi connectivity index (χ2n) is 12.6. The molecule has 2 N–H and O–H groups in total. The quantitative estimate of drug-likeness (QED) is 0.0898. The van der Waals surface area contributed by atoms with Crippen LogP contribution in [0.15, 0.2) is 149 Å². The fourth-order valence-corrected chi connectivity index (χ4v) is 7.93. The molecule has 6 heteroatoms. The first-order chi connectivity index (χ1) is 25.4. The molecule has 0 saturated heterocycles. The van der Waals surface area contributed by atoms with Gasteiger partial charge in [-0.1, -0.05) is 105 Å². The number of nitrogens with zero attached hydrogens (tertiary/aromatic N) is 2. The number of amidine groups is 1. The Hall–Kier alpha value is -6.11. The van der Waals surface area contributed by atoms with Gasteiger partial charge in [-0.2, -0.15) is 0 Å². The van der Waals surface area contributed by atoms with Gasteiger partial charge in [0, 0.05) is 49.5 Å². The lowest BCUT2D eigenvalue weighted by atomic mass is 9.92. The van der Waals surface area contributed by atoms with E-state index in [1.165, 1.54) is 11.1 Å². The highest BCUT2D eigenvalue weighted by molar-refractivity contribution is 7.99. The number of hydrogen-bond donors (Lipinski definition) is 2. The van der Waals surface area contributed by atoms with Crippen molar-refractivity contribution in [2.24, 2.45) is 4.99 Å². The maximum atomic E-state index is 9.17. The highest BCUT2D eigenvalue weighted by atomic mass is 32.2. The number of furan rings is 1. The first-order valence-corrected chi connectivity index (χ1v) is 18.1. The maximum absolute atomic E-state index is 9.17. The first kappa shape index (κ1) is 34.3. The number of rotatable bonds is 9. The van der Waals surface area contributed by atoms with Crippen molar-refractivity contribution in [2.45, 2.75) is 24.9 Å². The summed E-state index contributed by atoms with van der Waals surface area (Å²) in [4.78, 5) is 5.43. The molecule has 6 aromatic rings. The summed E-state index contributed by atoms with van der Waals surface area (Å²) in [5.41, 5.74) is 12.6. The summed E-state index contributed by atoms with van der Waals surface area (Å²) >= 11 is 1.80. The van der Waals surface area contributed by atoms with Crippen molar-refractivity contribution in [1.29, 1.82) is 5.41 Å². The van der Waals surface area contributed by atoms with Crippen LogP contribution < -0.4 is 5.32 Å². The average molecular weight is 697 g/mol. The van der Waals surface area contributed by atoms with Crippen molar-refractivity contribution in [3.8, 4) is 11.1 Å². The molecule has 1 atom stereocenters. The molecule has 0 saturated carbocycles. The van der Waals surface area contributed by atoms with Crippen LogP contribution >= 0.6 is 11.8 Å². The van der Waals surface area contributed by atoms with E-state index in [4.69, 9.17) is 11.0 Å². The van der Waals surface area contributed by atoms with Crippen LogP contribution in [0.1, 0.15) is 45.4 Å². The molecule has 5 nitrogen and oxygen atoms in total. The van der Waals surface area contributed by atoms with Gasteiger partial charge in [-0.3, -0.25) is 10.4 Å². The Morgan fingerprint density at radius 3 is 2.52 bits per heavy atom. The predicted octanol–water partition coefficient (Wildman–Crippen LogP) is 12.0. The third kappa shape index (κ3) is 6.12. The van der Waals surface area contributed by atoms with Gasteiger partial charge in [0.1, 0.15) is 23.2 Å². The van der Waals surface area contributed by atoms with E-state index in [2.05, 4.69) is 103 Å². The van der Waals surface area contributed by atoms with E-state index in [0.717, 1.165) is 77.5 Å². The number of thioether (sulfide) groups is 1. The fourth-order valence-electron chi connectivity index (χ4n) is 6.99. The molecule has 52 heavy (non-hydrogen) atoms. The zero-order valence-electron chi connectivity index (χ0n) is 29.4. The molecule has 0 aliphatic carbocycles. The zero-order valence-corrected chi connectivity index (χ0v) is 30.3. The topological polar surface area (TPSA) is 66.3 Å². The van der Waals surface area contributed by atoms with Gasteiger partial charge in [0.2, 0.25) is 0 Å². The Bertz CT molecular complexity index is 2510. The Morgan fingerprint density at radius 2 is 1.75 bits per heavy atom. The largest absolute Gasteiger partial charge is 0.456 e. The molecule has 0 amide bonds. The van der Waals surface area contributed by atoms with Crippen LogP contribution in [0.3, 0.4) is 0 Å². The number of hydrogen-bond acceptors (Lipinski definition) is 4. The Labute approximate surface area is 309 Å². The van der Waals surface area contributed by atoms with Crippen molar-refractivity contribution >= 4 is 69.7 Å². The Balaban J connectivity index is 1.38. The van der Waals surface area contributed by atoms with Crippen LogP contribution in [0.5, 0.6) is 0 Å². The van der Waals surface area contributed by atoms with Crippen molar-refractivity contribution < 1.29 is 4.42 Å². The van der Waals surface area contributed by atoms with Crippen LogP contribution in [0.2, 0.25) is 0 Å². The van der Waals surface area contributed by atoms with Crippen molar-refractivity contribution in [2.75, 3.05) is 5.75 Å². The van der Waals surface area contributed by atoms with E-state index >= 15 is 0 Å². The minimum absolute atomic E-state index is 0.240. The van der Waals surface area contributed by atoms with E-state index in [0.29, 0.717) is 5.58 Å². The van der Waals surface area contributed by atoms with Crippen molar-refractivity contribution in [3.05, 3.63) is 174 Å². The van der Waals surface area contributed by atoms with Gasteiger partial charge in [-0.25, -0.2) is 0 Å². The molecule has 0 spiro atoms.